The number of rotatable bonds is 6. The van der Waals surface area contributed by atoms with E-state index in [9.17, 15) is 0 Å². The van der Waals surface area contributed by atoms with Crippen LogP contribution in [0.25, 0.3) is 11.6 Å². The van der Waals surface area contributed by atoms with Crippen LogP contribution in [0.5, 0.6) is 0 Å². The molecule has 0 saturated carbocycles. The van der Waals surface area contributed by atoms with E-state index in [1.165, 1.54) is 10.4 Å². The molecule has 0 spiro atoms. The highest BCUT2D eigenvalue weighted by Crippen LogP contribution is 2.48. The van der Waals surface area contributed by atoms with Gasteiger partial charge in [-0.05, 0) is 33.1 Å². The van der Waals surface area contributed by atoms with Gasteiger partial charge in [0.2, 0.25) is 0 Å². The molecule has 0 aliphatic rings. The average Bonchev–Trinajstić information content (AvgIpc) is 2.41. The molecule has 0 unspecified atom stereocenters. The van der Waals surface area contributed by atoms with Crippen LogP contribution >= 0.6 is 15.8 Å². The normalized spacial score (nSPS) is 14.6. The Morgan fingerprint density at radius 1 is 0.591 bits per heavy atom. The smallest absolute Gasteiger partial charge is 0.0179 e. The van der Waals surface area contributed by atoms with Crippen molar-refractivity contribution in [1.82, 2.24) is 0 Å². The van der Waals surface area contributed by atoms with Crippen LogP contribution in [0.15, 0.2) is 24.3 Å². The monoisotopic (exact) mass is 336 g/mol. The Morgan fingerprint density at radius 3 is 1.09 bits per heavy atom. The van der Waals surface area contributed by atoms with Gasteiger partial charge < -0.3 is 0 Å². The number of benzene rings is 1. The van der Waals surface area contributed by atoms with Gasteiger partial charge in [-0.3, -0.25) is 0 Å². The van der Waals surface area contributed by atoms with Crippen molar-refractivity contribution < 1.29 is 0 Å². The van der Waals surface area contributed by atoms with Gasteiger partial charge in [-0.15, -0.1) is 0 Å². The molecule has 124 valence electrons. The first kappa shape index (κ1) is 19.9. The Morgan fingerprint density at radius 2 is 0.864 bits per heavy atom. The van der Waals surface area contributed by atoms with Crippen LogP contribution in [-0.4, -0.2) is 22.6 Å². The fraction of sp³-hybridized carbons (Fsp3) is 0.600. The van der Waals surface area contributed by atoms with E-state index >= 15 is 0 Å². The lowest BCUT2D eigenvalue weighted by Crippen LogP contribution is -2.24. The largest absolute Gasteiger partial charge is 0.0773 e. The number of hydrogen-bond donors (Lipinski definition) is 0. The van der Waals surface area contributed by atoms with Gasteiger partial charge in [0, 0.05) is 0 Å². The molecular weight excluding hydrogens is 302 g/mol. The molecule has 0 aliphatic heterocycles. The zero-order chi connectivity index (χ0) is 16.9. The zero-order valence-electron chi connectivity index (χ0n) is 15.7. The molecule has 0 heterocycles. The van der Waals surface area contributed by atoms with E-state index in [0.717, 1.165) is 22.6 Å². The lowest BCUT2D eigenvalue weighted by atomic mass is 10.3. The second-order valence-corrected chi connectivity index (χ2v) is 13.6. The Bertz CT molecular complexity index is 488. The first-order valence-corrected chi connectivity index (χ1v) is 11.7. The molecule has 0 aliphatic carbocycles. The minimum atomic E-state index is -0.0646. The molecule has 1 aromatic carbocycles. The minimum absolute atomic E-state index is 0.0646. The Hall–Kier alpha value is -0.180. The second kappa shape index (κ2) is 9.20. The molecule has 0 nitrogen and oxygen atoms in total. The minimum Gasteiger partial charge on any atom is -0.0773 e. The van der Waals surface area contributed by atoms with Gasteiger partial charge in [0.15, 0.2) is 0 Å². The molecule has 0 saturated heterocycles. The maximum absolute atomic E-state index is 2.57. The van der Waals surface area contributed by atoms with E-state index in [1.807, 2.05) is 0 Å². The van der Waals surface area contributed by atoms with E-state index < -0.39 is 0 Å². The summed E-state index contributed by atoms with van der Waals surface area (Å²) in [5, 5.41) is 2.90. The molecule has 0 aromatic heterocycles. The maximum Gasteiger partial charge on any atom is -0.0179 e. The molecule has 1 rings (SSSR count). The van der Waals surface area contributed by atoms with Gasteiger partial charge in [0.1, 0.15) is 0 Å². The van der Waals surface area contributed by atoms with E-state index in [4.69, 9.17) is 0 Å². The highest BCUT2D eigenvalue weighted by molar-refractivity contribution is 7.67. The SMILES string of the molecule is CC(C)P(C=c1ccccc1=CP(C(C)C)C(C)C)C(C)C. The van der Waals surface area contributed by atoms with Gasteiger partial charge in [-0.1, -0.05) is 107 Å². The van der Waals surface area contributed by atoms with Crippen molar-refractivity contribution in [2.45, 2.75) is 78.0 Å². The Balaban J connectivity index is 3.41. The molecule has 2 heteroatoms. The summed E-state index contributed by atoms with van der Waals surface area (Å²) >= 11 is 0. The third-order valence-corrected chi connectivity index (χ3v) is 9.88. The first-order valence-electron chi connectivity index (χ1n) is 8.57. The topological polar surface area (TPSA) is 0 Å². The Labute approximate surface area is 140 Å². The van der Waals surface area contributed by atoms with Crippen LogP contribution in [0.2, 0.25) is 0 Å². The summed E-state index contributed by atoms with van der Waals surface area (Å²) in [5.41, 5.74) is 3.00. The molecule has 0 radical (unpaired) electrons. The molecule has 0 atom stereocenters. The van der Waals surface area contributed by atoms with Crippen molar-refractivity contribution in [2.75, 3.05) is 0 Å². The van der Waals surface area contributed by atoms with Crippen LogP contribution in [-0.2, 0) is 0 Å². The van der Waals surface area contributed by atoms with Gasteiger partial charge in [-0.2, -0.15) is 0 Å². The zero-order valence-corrected chi connectivity index (χ0v) is 17.5. The molecule has 22 heavy (non-hydrogen) atoms. The number of hydrogen-bond acceptors (Lipinski definition) is 0. The van der Waals surface area contributed by atoms with Crippen molar-refractivity contribution in [2.24, 2.45) is 0 Å². The lowest BCUT2D eigenvalue weighted by molar-refractivity contribution is 1.02. The summed E-state index contributed by atoms with van der Waals surface area (Å²) < 4.78 is 0. The third kappa shape index (κ3) is 5.79. The predicted molar refractivity (Wildman–Crippen MR) is 109 cm³/mol. The van der Waals surface area contributed by atoms with E-state index in [-0.39, 0.29) is 15.8 Å². The first-order chi connectivity index (χ1) is 10.2. The molecule has 1 aromatic rings. The van der Waals surface area contributed by atoms with Crippen LogP contribution in [0.4, 0.5) is 0 Å². The van der Waals surface area contributed by atoms with Crippen molar-refractivity contribution in [3.8, 4) is 0 Å². The summed E-state index contributed by atoms with van der Waals surface area (Å²) in [4.78, 5) is 0. The van der Waals surface area contributed by atoms with Gasteiger partial charge in [-0.25, -0.2) is 0 Å². The molecule has 0 bridgehead atoms. The van der Waals surface area contributed by atoms with Crippen LogP contribution in [0, 0.1) is 0 Å². The third-order valence-electron chi connectivity index (χ3n) is 3.96. The second-order valence-electron chi connectivity index (χ2n) is 7.16. The summed E-state index contributed by atoms with van der Waals surface area (Å²) in [6.07, 6.45) is 0. The molecule has 0 fully saturated rings. The van der Waals surface area contributed by atoms with Gasteiger partial charge >= 0.3 is 0 Å². The van der Waals surface area contributed by atoms with Gasteiger partial charge in [0.05, 0.1) is 0 Å². The maximum atomic E-state index is 2.57. The van der Waals surface area contributed by atoms with Crippen LogP contribution in [0.3, 0.4) is 0 Å². The summed E-state index contributed by atoms with van der Waals surface area (Å²) in [6, 6.07) is 8.98. The van der Waals surface area contributed by atoms with Crippen molar-refractivity contribution in [1.29, 1.82) is 0 Å². The quantitative estimate of drug-likeness (QED) is 0.579. The van der Waals surface area contributed by atoms with E-state index in [2.05, 4.69) is 91.3 Å². The van der Waals surface area contributed by atoms with Gasteiger partial charge in [0.25, 0.3) is 0 Å². The molecule has 0 amide bonds. The average molecular weight is 336 g/mol. The summed E-state index contributed by atoms with van der Waals surface area (Å²) in [5.74, 6) is 5.15. The molecule has 0 N–H and O–H groups in total. The Kier molecular flexibility index (Phi) is 8.31. The fourth-order valence-electron chi connectivity index (χ4n) is 2.86. The standard InChI is InChI=1S/C20H34P2/c1-15(2)21(16(3)4)13-19-11-9-10-12-20(19)14-22(17(5)6)18(7)8/h9-18H,1-8H3. The lowest BCUT2D eigenvalue weighted by Gasteiger charge is -2.23. The van der Waals surface area contributed by atoms with Crippen molar-refractivity contribution in [3.05, 3.63) is 34.7 Å². The van der Waals surface area contributed by atoms with Crippen LogP contribution < -0.4 is 10.4 Å². The van der Waals surface area contributed by atoms with E-state index in [0.29, 0.717) is 0 Å². The summed E-state index contributed by atoms with van der Waals surface area (Å²) in [6.45, 7) is 18.9. The predicted octanol–water partition coefficient (Wildman–Crippen LogP) is 5.76. The fourth-order valence-corrected chi connectivity index (χ4v) is 7.55. The summed E-state index contributed by atoms with van der Waals surface area (Å²) in [7, 11) is -0.129. The van der Waals surface area contributed by atoms with E-state index in [1.54, 1.807) is 0 Å². The highest BCUT2D eigenvalue weighted by atomic mass is 31.1. The van der Waals surface area contributed by atoms with Crippen molar-refractivity contribution >= 4 is 27.5 Å². The highest BCUT2D eigenvalue weighted by Gasteiger charge is 2.15. The van der Waals surface area contributed by atoms with Crippen molar-refractivity contribution in [3.63, 3.8) is 0 Å². The van der Waals surface area contributed by atoms with Crippen LogP contribution in [0.1, 0.15) is 55.4 Å². The molecular formula is C20H34P2.